The maximum absolute atomic E-state index is 9.95. The first kappa shape index (κ1) is 18.9. The van der Waals surface area contributed by atoms with E-state index in [4.69, 9.17) is 9.47 Å². The van der Waals surface area contributed by atoms with Gasteiger partial charge in [0.25, 0.3) is 0 Å². The molecule has 0 amide bonds. The summed E-state index contributed by atoms with van der Waals surface area (Å²) in [6.07, 6.45) is 0. The van der Waals surface area contributed by atoms with Gasteiger partial charge in [0.1, 0.15) is 5.75 Å². The third-order valence-corrected chi connectivity index (χ3v) is 5.20. The fourth-order valence-corrected chi connectivity index (χ4v) is 3.76. The number of halogens is 1. The number of ether oxygens (including phenoxy) is 2. The lowest BCUT2D eigenvalue weighted by Gasteiger charge is -2.36. The number of hydrogen-bond acceptors (Lipinski definition) is 5. The van der Waals surface area contributed by atoms with Crippen LogP contribution in [0.5, 0.6) is 17.2 Å². The Morgan fingerprint density at radius 1 is 1.08 bits per heavy atom. The summed E-state index contributed by atoms with van der Waals surface area (Å²) in [7, 11) is 1.57. The molecular weight excluding hydrogens is 396 g/mol. The average molecular weight is 421 g/mol. The summed E-state index contributed by atoms with van der Waals surface area (Å²) in [5.74, 6) is 1.60. The second-order valence-corrected chi connectivity index (χ2v) is 7.15. The fraction of sp³-hybridized carbons (Fsp3) is 0.400. The number of methoxy groups -OCH3 is 1. The molecule has 1 aliphatic heterocycles. The Balaban J connectivity index is 1.64. The van der Waals surface area contributed by atoms with Crippen LogP contribution in [0.4, 0.5) is 5.69 Å². The summed E-state index contributed by atoms with van der Waals surface area (Å²) in [6.45, 7) is 7.38. The zero-order chi connectivity index (χ0) is 18.5. The van der Waals surface area contributed by atoms with Crippen molar-refractivity contribution >= 4 is 21.6 Å². The quantitative estimate of drug-likeness (QED) is 0.767. The molecule has 3 rings (SSSR count). The highest BCUT2D eigenvalue weighted by atomic mass is 79.9. The Bertz CT molecular complexity index is 746. The molecule has 0 atom stereocenters. The van der Waals surface area contributed by atoms with E-state index in [1.165, 1.54) is 5.69 Å². The second-order valence-electron chi connectivity index (χ2n) is 6.29. The Kier molecular flexibility index (Phi) is 6.27. The van der Waals surface area contributed by atoms with Crippen molar-refractivity contribution in [1.82, 2.24) is 4.90 Å². The van der Waals surface area contributed by atoms with Crippen molar-refractivity contribution in [2.45, 2.75) is 13.5 Å². The highest BCUT2D eigenvalue weighted by Gasteiger charge is 2.20. The van der Waals surface area contributed by atoms with Crippen LogP contribution in [0.25, 0.3) is 0 Å². The number of rotatable bonds is 6. The van der Waals surface area contributed by atoms with E-state index < -0.39 is 0 Å². The van der Waals surface area contributed by atoms with Crippen molar-refractivity contribution < 1.29 is 14.6 Å². The van der Waals surface area contributed by atoms with Crippen LogP contribution in [-0.4, -0.2) is 49.9 Å². The van der Waals surface area contributed by atoms with Gasteiger partial charge in [0.15, 0.2) is 11.5 Å². The molecule has 0 aliphatic carbocycles. The fourth-order valence-electron chi connectivity index (χ4n) is 3.28. The van der Waals surface area contributed by atoms with Crippen LogP contribution in [0.2, 0.25) is 0 Å². The minimum absolute atomic E-state index is 0.147. The van der Waals surface area contributed by atoms with E-state index in [2.05, 4.69) is 37.9 Å². The zero-order valence-corrected chi connectivity index (χ0v) is 16.8. The molecule has 1 saturated heterocycles. The summed E-state index contributed by atoms with van der Waals surface area (Å²) >= 11 is 3.39. The average Bonchev–Trinajstić information content (AvgIpc) is 2.66. The summed E-state index contributed by atoms with van der Waals surface area (Å²) in [4.78, 5) is 4.80. The summed E-state index contributed by atoms with van der Waals surface area (Å²) in [5, 5.41) is 9.95. The normalized spacial score (nSPS) is 15.1. The summed E-state index contributed by atoms with van der Waals surface area (Å²) < 4.78 is 11.7. The van der Waals surface area contributed by atoms with E-state index in [0.717, 1.165) is 44.0 Å². The van der Waals surface area contributed by atoms with Crippen LogP contribution >= 0.6 is 15.9 Å². The molecule has 0 aromatic heterocycles. The predicted molar refractivity (Wildman–Crippen MR) is 107 cm³/mol. The zero-order valence-electron chi connectivity index (χ0n) is 15.2. The monoisotopic (exact) mass is 420 g/mol. The van der Waals surface area contributed by atoms with Gasteiger partial charge >= 0.3 is 0 Å². The number of anilines is 1. The topological polar surface area (TPSA) is 45.2 Å². The number of piperazine rings is 1. The van der Waals surface area contributed by atoms with Gasteiger partial charge in [-0.05, 0) is 52.7 Å². The molecule has 0 bridgehead atoms. The number of phenols is 1. The van der Waals surface area contributed by atoms with Crippen LogP contribution in [0.1, 0.15) is 12.5 Å². The molecule has 26 heavy (non-hydrogen) atoms. The summed E-state index contributed by atoms with van der Waals surface area (Å²) in [5.41, 5.74) is 2.29. The van der Waals surface area contributed by atoms with Gasteiger partial charge in [0.2, 0.25) is 0 Å². The molecule has 2 aromatic rings. The molecule has 0 unspecified atom stereocenters. The molecule has 1 N–H and O–H groups in total. The van der Waals surface area contributed by atoms with Crippen molar-refractivity contribution in [2.75, 3.05) is 44.8 Å². The van der Waals surface area contributed by atoms with Gasteiger partial charge in [-0.3, -0.25) is 4.90 Å². The first-order chi connectivity index (χ1) is 12.6. The SMILES string of the molecule is CCOc1ccccc1N1CCN(Cc2cc(Br)c(O)c(OC)c2)CC1. The maximum atomic E-state index is 9.95. The Morgan fingerprint density at radius 3 is 2.50 bits per heavy atom. The van der Waals surface area contributed by atoms with Gasteiger partial charge in [0, 0.05) is 32.7 Å². The minimum Gasteiger partial charge on any atom is -0.503 e. The second kappa shape index (κ2) is 8.64. The Hall–Kier alpha value is -1.92. The van der Waals surface area contributed by atoms with E-state index in [-0.39, 0.29) is 5.75 Å². The largest absolute Gasteiger partial charge is 0.503 e. The lowest BCUT2D eigenvalue weighted by Crippen LogP contribution is -2.46. The van der Waals surface area contributed by atoms with Crippen molar-refractivity contribution in [3.05, 3.63) is 46.4 Å². The molecule has 140 valence electrons. The molecule has 1 aliphatic rings. The number of aromatic hydroxyl groups is 1. The van der Waals surface area contributed by atoms with Crippen molar-refractivity contribution in [1.29, 1.82) is 0 Å². The Labute approximate surface area is 163 Å². The van der Waals surface area contributed by atoms with Gasteiger partial charge in [-0.15, -0.1) is 0 Å². The molecule has 6 heteroatoms. The number of nitrogens with zero attached hydrogens (tertiary/aromatic N) is 2. The number of para-hydroxylation sites is 2. The van der Waals surface area contributed by atoms with E-state index in [0.29, 0.717) is 16.8 Å². The van der Waals surface area contributed by atoms with Gasteiger partial charge < -0.3 is 19.5 Å². The van der Waals surface area contributed by atoms with E-state index in [1.807, 2.05) is 31.2 Å². The standard InChI is InChI=1S/C20H25BrN2O3/c1-3-26-18-7-5-4-6-17(18)23-10-8-22(9-11-23)14-15-12-16(21)20(24)19(13-15)25-2/h4-7,12-13,24H,3,8-11,14H2,1-2H3. The molecule has 1 heterocycles. The van der Waals surface area contributed by atoms with Crippen LogP contribution in [0.3, 0.4) is 0 Å². The van der Waals surface area contributed by atoms with Crippen LogP contribution < -0.4 is 14.4 Å². The molecule has 1 fully saturated rings. The Morgan fingerprint density at radius 2 is 1.81 bits per heavy atom. The first-order valence-electron chi connectivity index (χ1n) is 8.87. The van der Waals surface area contributed by atoms with Gasteiger partial charge in [-0.25, -0.2) is 0 Å². The van der Waals surface area contributed by atoms with Crippen molar-refractivity contribution in [3.63, 3.8) is 0 Å². The lowest BCUT2D eigenvalue weighted by molar-refractivity contribution is 0.248. The van der Waals surface area contributed by atoms with Crippen molar-refractivity contribution in [3.8, 4) is 17.2 Å². The third-order valence-electron chi connectivity index (χ3n) is 4.59. The first-order valence-corrected chi connectivity index (χ1v) is 9.66. The van der Waals surface area contributed by atoms with E-state index in [1.54, 1.807) is 7.11 Å². The minimum atomic E-state index is 0.147. The molecule has 0 saturated carbocycles. The van der Waals surface area contributed by atoms with Gasteiger partial charge in [-0.2, -0.15) is 0 Å². The van der Waals surface area contributed by atoms with E-state index in [9.17, 15) is 5.11 Å². The number of phenolic OH excluding ortho intramolecular Hbond substituents is 1. The third kappa shape index (κ3) is 4.24. The van der Waals surface area contributed by atoms with Crippen LogP contribution in [0.15, 0.2) is 40.9 Å². The van der Waals surface area contributed by atoms with Gasteiger partial charge in [0.05, 0.1) is 23.9 Å². The number of hydrogen-bond donors (Lipinski definition) is 1. The lowest BCUT2D eigenvalue weighted by atomic mass is 10.1. The van der Waals surface area contributed by atoms with Gasteiger partial charge in [-0.1, -0.05) is 12.1 Å². The molecule has 2 aromatic carbocycles. The van der Waals surface area contributed by atoms with Crippen LogP contribution in [0, 0.1) is 0 Å². The predicted octanol–water partition coefficient (Wildman–Crippen LogP) is 3.88. The van der Waals surface area contributed by atoms with E-state index >= 15 is 0 Å². The molecule has 0 spiro atoms. The summed E-state index contributed by atoms with van der Waals surface area (Å²) in [6, 6.07) is 12.1. The highest BCUT2D eigenvalue weighted by molar-refractivity contribution is 9.10. The van der Waals surface area contributed by atoms with Crippen molar-refractivity contribution in [2.24, 2.45) is 0 Å². The number of benzene rings is 2. The smallest absolute Gasteiger partial charge is 0.172 e. The molecule has 0 radical (unpaired) electrons. The molecule has 5 nitrogen and oxygen atoms in total. The van der Waals surface area contributed by atoms with Crippen LogP contribution in [-0.2, 0) is 6.54 Å². The molecular formula is C20H25BrN2O3. The highest BCUT2D eigenvalue weighted by Crippen LogP contribution is 2.35. The maximum Gasteiger partial charge on any atom is 0.172 e.